The Morgan fingerprint density at radius 2 is 2.29 bits per heavy atom. The van der Waals surface area contributed by atoms with Gasteiger partial charge in [0, 0.05) is 44.4 Å². The van der Waals surface area contributed by atoms with Crippen LogP contribution in [-0.4, -0.2) is 45.1 Å². The highest BCUT2D eigenvalue weighted by Gasteiger charge is 2.43. The number of alkyl halides is 1. The van der Waals surface area contributed by atoms with Gasteiger partial charge >= 0.3 is 0 Å². The Morgan fingerprint density at radius 3 is 2.96 bits per heavy atom. The molecule has 4 atom stereocenters. The highest BCUT2D eigenvalue weighted by Crippen LogP contribution is 2.44. The Kier molecular flexibility index (Phi) is 5.54. The molecule has 0 bridgehead atoms. The van der Waals surface area contributed by atoms with Crippen molar-refractivity contribution in [3.63, 3.8) is 0 Å². The Labute approximate surface area is 150 Å². The molecule has 132 valence electrons. The fraction of sp³-hybridized carbons (Fsp3) is 0.625. The van der Waals surface area contributed by atoms with Gasteiger partial charge in [-0.1, -0.05) is 0 Å². The van der Waals surface area contributed by atoms with Crippen LogP contribution in [0.3, 0.4) is 0 Å². The topological polar surface area (TPSA) is 66.4 Å². The lowest BCUT2D eigenvalue weighted by molar-refractivity contribution is -0.115. The van der Waals surface area contributed by atoms with Crippen molar-refractivity contribution in [1.29, 1.82) is 0 Å². The Bertz CT molecular complexity index is 668. The van der Waals surface area contributed by atoms with E-state index in [0.29, 0.717) is 18.3 Å². The summed E-state index contributed by atoms with van der Waals surface area (Å²) in [6.07, 6.45) is 3.51. The monoisotopic (exact) mass is 370 g/mol. The second-order valence-electron chi connectivity index (χ2n) is 6.35. The smallest absolute Gasteiger partial charge is 0.250 e. The van der Waals surface area contributed by atoms with Crippen molar-refractivity contribution in [2.75, 3.05) is 18.9 Å². The number of aromatic nitrogens is 1. The van der Waals surface area contributed by atoms with Crippen LogP contribution in [0.5, 0.6) is 0 Å². The predicted molar refractivity (Wildman–Crippen MR) is 98.3 cm³/mol. The number of anilines is 1. The van der Waals surface area contributed by atoms with Gasteiger partial charge in [-0.15, -0.1) is 23.4 Å². The summed E-state index contributed by atoms with van der Waals surface area (Å²) in [6, 6.07) is 3.46. The van der Waals surface area contributed by atoms with Gasteiger partial charge in [-0.2, -0.15) is 0 Å². The second kappa shape index (κ2) is 7.47. The first kappa shape index (κ1) is 17.8. The molecule has 24 heavy (non-hydrogen) atoms. The zero-order valence-corrected chi connectivity index (χ0v) is 15.4. The Balaban J connectivity index is 1.63. The van der Waals surface area contributed by atoms with Gasteiger partial charge < -0.3 is 9.88 Å². The zero-order valence-electron chi connectivity index (χ0n) is 13.9. The Morgan fingerprint density at radius 1 is 1.50 bits per heavy atom. The van der Waals surface area contributed by atoms with E-state index in [-0.39, 0.29) is 27.3 Å². The molecule has 1 aromatic rings. The number of hydrazine groups is 1. The number of amides is 1. The van der Waals surface area contributed by atoms with Gasteiger partial charge in [0.2, 0.25) is 5.91 Å². The van der Waals surface area contributed by atoms with E-state index in [1.807, 2.05) is 14.0 Å². The lowest BCUT2D eigenvalue weighted by atomic mass is 9.95. The summed E-state index contributed by atoms with van der Waals surface area (Å²) < 4.78 is 1.51. The number of hydrogen-bond donors (Lipinski definition) is 2. The highest BCUT2D eigenvalue weighted by atomic mass is 35.5. The first-order chi connectivity index (χ1) is 11.5. The van der Waals surface area contributed by atoms with Gasteiger partial charge in [0.15, 0.2) is 0 Å². The van der Waals surface area contributed by atoms with E-state index in [0.717, 1.165) is 19.4 Å². The van der Waals surface area contributed by atoms with Gasteiger partial charge in [-0.3, -0.25) is 15.0 Å². The van der Waals surface area contributed by atoms with Gasteiger partial charge in [0.1, 0.15) is 0 Å². The lowest BCUT2D eigenvalue weighted by Gasteiger charge is -2.21. The number of carbonyl (C=O) groups excluding carboxylic acids is 1. The predicted octanol–water partition coefficient (Wildman–Crippen LogP) is 1.70. The van der Waals surface area contributed by atoms with Crippen LogP contribution in [0.1, 0.15) is 19.8 Å². The molecule has 0 saturated carbocycles. The van der Waals surface area contributed by atoms with Crippen LogP contribution >= 0.6 is 23.4 Å². The molecule has 8 heteroatoms. The third-order valence-corrected chi connectivity index (χ3v) is 6.66. The summed E-state index contributed by atoms with van der Waals surface area (Å²) in [4.78, 5) is 24.2. The number of halogens is 1. The van der Waals surface area contributed by atoms with E-state index in [9.17, 15) is 9.59 Å². The van der Waals surface area contributed by atoms with Crippen LogP contribution in [-0.2, 0) is 11.3 Å². The van der Waals surface area contributed by atoms with Gasteiger partial charge in [-0.25, -0.2) is 5.01 Å². The summed E-state index contributed by atoms with van der Waals surface area (Å²) in [7, 11) is 2.03. The van der Waals surface area contributed by atoms with E-state index >= 15 is 0 Å². The van der Waals surface area contributed by atoms with E-state index in [1.54, 1.807) is 16.8 Å². The molecule has 2 aliphatic heterocycles. The molecule has 1 aromatic heterocycles. The van der Waals surface area contributed by atoms with Crippen molar-refractivity contribution in [3.8, 4) is 0 Å². The van der Waals surface area contributed by atoms with Crippen LogP contribution < -0.4 is 16.3 Å². The molecule has 0 spiro atoms. The number of nitrogens with zero attached hydrogens (tertiary/aromatic N) is 2. The Hall–Kier alpha value is -1.02. The van der Waals surface area contributed by atoms with Crippen LogP contribution in [0.25, 0.3) is 0 Å². The molecular weight excluding hydrogens is 348 g/mol. The van der Waals surface area contributed by atoms with Crippen molar-refractivity contribution < 1.29 is 4.79 Å². The first-order valence-electron chi connectivity index (χ1n) is 8.26. The molecule has 0 aliphatic carbocycles. The number of pyridine rings is 1. The summed E-state index contributed by atoms with van der Waals surface area (Å²) in [6.45, 7) is 3.48. The molecule has 6 nitrogen and oxygen atoms in total. The van der Waals surface area contributed by atoms with E-state index < -0.39 is 0 Å². The van der Waals surface area contributed by atoms with E-state index in [1.165, 1.54) is 17.8 Å². The fourth-order valence-corrected chi connectivity index (χ4v) is 5.30. The summed E-state index contributed by atoms with van der Waals surface area (Å²) in [5, 5.41) is 4.84. The minimum absolute atomic E-state index is 0.0409. The standard InChI is InChI=1S/C16H23ClN4O2S/c1-3-21-9-10(4-5-14(21)22)18-16(23)13-8-11(15(17)24-13)12-6-7-20(2)19-12/h4-5,9,11-13,15,19H,3,6-8H2,1-2H3,(H,18,23). The maximum absolute atomic E-state index is 12.6. The van der Waals surface area contributed by atoms with E-state index in [4.69, 9.17) is 11.6 Å². The summed E-state index contributed by atoms with van der Waals surface area (Å²) in [5.74, 6) is 0.239. The second-order valence-corrected chi connectivity index (χ2v) is 8.43. The molecule has 0 radical (unpaired) electrons. The molecule has 2 saturated heterocycles. The molecule has 4 unspecified atom stereocenters. The highest BCUT2D eigenvalue weighted by molar-refractivity contribution is 8.02. The van der Waals surface area contributed by atoms with E-state index in [2.05, 4.69) is 15.8 Å². The molecule has 1 amide bonds. The normalized spacial score (nSPS) is 30.6. The quantitative estimate of drug-likeness (QED) is 0.790. The largest absolute Gasteiger partial charge is 0.324 e. The maximum atomic E-state index is 12.6. The maximum Gasteiger partial charge on any atom is 0.250 e. The molecule has 3 rings (SSSR count). The molecule has 3 heterocycles. The first-order valence-corrected chi connectivity index (χ1v) is 9.64. The lowest BCUT2D eigenvalue weighted by Crippen LogP contribution is -2.38. The SMILES string of the molecule is CCn1cc(NC(=O)C2CC(C3CCN(C)N3)C(Cl)S2)ccc1=O. The average Bonchev–Trinajstić information content (AvgIpc) is 3.15. The van der Waals surface area contributed by atoms with Crippen molar-refractivity contribution in [3.05, 3.63) is 28.7 Å². The summed E-state index contributed by atoms with van der Waals surface area (Å²) >= 11 is 8.02. The molecular formula is C16H23ClN4O2S. The average molecular weight is 371 g/mol. The number of rotatable bonds is 4. The molecule has 0 aromatic carbocycles. The van der Waals surface area contributed by atoms with Crippen molar-refractivity contribution in [2.45, 2.75) is 42.3 Å². The minimum Gasteiger partial charge on any atom is -0.324 e. The van der Waals surface area contributed by atoms with Crippen LogP contribution in [0.4, 0.5) is 5.69 Å². The third kappa shape index (κ3) is 3.79. The van der Waals surface area contributed by atoms with Crippen molar-refractivity contribution in [1.82, 2.24) is 15.0 Å². The van der Waals surface area contributed by atoms with Crippen molar-refractivity contribution in [2.24, 2.45) is 5.92 Å². The van der Waals surface area contributed by atoms with Crippen molar-refractivity contribution >= 4 is 35.0 Å². The number of thioether (sulfide) groups is 1. The molecule has 2 fully saturated rings. The minimum atomic E-state index is -0.160. The fourth-order valence-electron chi connectivity index (χ4n) is 3.31. The summed E-state index contributed by atoms with van der Waals surface area (Å²) in [5.41, 5.74) is 4.00. The van der Waals surface area contributed by atoms with Crippen LogP contribution in [0.2, 0.25) is 0 Å². The number of aryl methyl sites for hydroxylation is 1. The zero-order chi connectivity index (χ0) is 17.3. The van der Waals surface area contributed by atoms with Crippen LogP contribution in [0, 0.1) is 5.92 Å². The molecule has 2 N–H and O–H groups in total. The molecule has 2 aliphatic rings. The third-order valence-electron chi connectivity index (χ3n) is 4.68. The number of hydrogen-bond acceptors (Lipinski definition) is 5. The number of carbonyl (C=O) groups is 1. The van der Waals surface area contributed by atoms with Gasteiger partial charge in [-0.05, 0) is 25.8 Å². The van der Waals surface area contributed by atoms with Gasteiger partial charge in [0.25, 0.3) is 5.56 Å². The number of nitrogens with one attached hydrogen (secondary N) is 2. The van der Waals surface area contributed by atoms with Crippen LogP contribution in [0.15, 0.2) is 23.1 Å². The van der Waals surface area contributed by atoms with Gasteiger partial charge in [0.05, 0.1) is 15.6 Å².